The van der Waals surface area contributed by atoms with Crippen molar-refractivity contribution in [2.45, 2.75) is 57.5 Å². The van der Waals surface area contributed by atoms with Gasteiger partial charge in [0.15, 0.2) is 0 Å². The number of hydrogen-bond acceptors (Lipinski definition) is 4. The third kappa shape index (κ3) is 5.80. The zero-order valence-electron chi connectivity index (χ0n) is 15.5. The third-order valence-corrected chi connectivity index (χ3v) is 5.34. The van der Waals surface area contributed by atoms with Crippen molar-refractivity contribution in [3.05, 3.63) is 30.1 Å². The van der Waals surface area contributed by atoms with Crippen LogP contribution in [0, 0.1) is 0 Å². The van der Waals surface area contributed by atoms with E-state index in [1.807, 2.05) is 29.3 Å². The van der Waals surface area contributed by atoms with E-state index >= 15 is 0 Å². The number of hydrogen-bond donors (Lipinski definition) is 1. The fourth-order valence-electron chi connectivity index (χ4n) is 3.85. The van der Waals surface area contributed by atoms with E-state index in [0.717, 1.165) is 57.7 Å². The number of rotatable bonds is 6. The van der Waals surface area contributed by atoms with Gasteiger partial charge in [0.1, 0.15) is 0 Å². The van der Waals surface area contributed by atoms with Crippen LogP contribution in [0.15, 0.2) is 24.4 Å². The Hall–Kier alpha value is -1.95. The summed E-state index contributed by atoms with van der Waals surface area (Å²) in [5.74, 6) is 0.128. The SMILES string of the molecule is O=C(CCC(=O)N1CCCN(Cc2ccccn2)CC1)NC1CCCC1. The zero-order chi connectivity index (χ0) is 18.2. The molecule has 1 saturated heterocycles. The highest BCUT2D eigenvalue weighted by Gasteiger charge is 2.21. The van der Waals surface area contributed by atoms with Gasteiger partial charge >= 0.3 is 0 Å². The van der Waals surface area contributed by atoms with Crippen LogP contribution in [0.1, 0.15) is 50.6 Å². The van der Waals surface area contributed by atoms with Gasteiger partial charge in [-0.05, 0) is 31.4 Å². The third-order valence-electron chi connectivity index (χ3n) is 5.34. The van der Waals surface area contributed by atoms with Crippen LogP contribution in [-0.2, 0) is 16.1 Å². The first kappa shape index (κ1) is 18.8. The lowest BCUT2D eigenvalue weighted by Gasteiger charge is -2.22. The number of pyridine rings is 1. The molecular weight excluding hydrogens is 328 g/mol. The van der Waals surface area contributed by atoms with Gasteiger partial charge in [0, 0.05) is 57.8 Å². The Bertz CT molecular complexity index is 587. The lowest BCUT2D eigenvalue weighted by Crippen LogP contribution is -2.37. The van der Waals surface area contributed by atoms with Crippen LogP contribution in [0.25, 0.3) is 0 Å². The van der Waals surface area contributed by atoms with Crippen molar-refractivity contribution in [3.63, 3.8) is 0 Å². The molecule has 142 valence electrons. The van der Waals surface area contributed by atoms with E-state index in [9.17, 15) is 9.59 Å². The molecule has 0 bridgehead atoms. The summed E-state index contributed by atoms with van der Waals surface area (Å²) >= 11 is 0. The van der Waals surface area contributed by atoms with Crippen LogP contribution in [0.3, 0.4) is 0 Å². The molecule has 3 rings (SSSR count). The highest BCUT2D eigenvalue weighted by atomic mass is 16.2. The van der Waals surface area contributed by atoms with Gasteiger partial charge in [-0.25, -0.2) is 0 Å². The maximum Gasteiger partial charge on any atom is 0.223 e. The lowest BCUT2D eigenvalue weighted by molar-refractivity contribution is -0.133. The van der Waals surface area contributed by atoms with Crippen molar-refractivity contribution < 1.29 is 9.59 Å². The molecule has 1 N–H and O–H groups in total. The van der Waals surface area contributed by atoms with Crippen molar-refractivity contribution >= 4 is 11.8 Å². The predicted molar refractivity (Wildman–Crippen MR) is 100 cm³/mol. The van der Waals surface area contributed by atoms with E-state index in [0.29, 0.717) is 18.9 Å². The van der Waals surface area contributed by atoms with Gasteiger partial charge in [-0.3, -0.25) is 19.5 Å². The van der Waals surface area contributed by atoms with Crippen LogP contribution in [0.5, 0.6) is 0 Å². The Morgan fingerprint density at radius 3 is 2.65 bits per heavy atom. The molecule has 1 aromatic heterocycles. The molecule has 1 aromatic rings. The van der Waals surface area contributed by atoms with Crippen LogP contribution >= 0.6 is 0 Å². The second-order valence-electron chi connectivity index (χ2n) is 7.38. The van der Waals surface area contributed by atoms with Crippen molar-refractivity contribution in [2.75, 3.05) is 26.2 Å². The maximum atomic E-state index is 12.5. The Labute approximate surface area is 156 Å². The first-order chi connectivity index (χ1) is 12.7. The summed E-state index contributed by atoms with van der Waals surface area (Å²) < 4.78 is 0. The van der Waals surface area contributed by atoms with E-state index in [1.54, 1.807) is 0 Å². The normalized spacial score (nSPS) is 19.3. The van der Waals surface area contributed by atoms with Crippen molar-refractivity contribution in [2.24, 2.45) is 0 Å². The maximum absolute atomic E-state index is 12.5. The van der Waals surface area contributed by atoms with Gasteiger partial charge in [0.05, 0.1) is 5.69 Å². The molecule has 2 aliphatic rings. The van der Waals surface area contributed by atoms with E-state index in [4.69, 9.17) is 0 Å². The predicted octanol–water partition coefficient (Wildman–Crippen LogP) is 1.95. The number of nitrogens with zero attached hydrogens (tertiary/aromatic N) is 3. The molecule has 0 atom stereocenters. The van der Waals surface area contributed by atoms with Crippen molar-refractivity contribution in [3.8, 4) is 0 Å². The van der Waals surface area contributed by atoms with Crippen LogP contribution < -0.4 is 5.32 Å². The van der Waals surface area contributed by atoms with E-state index in [1.165, 1.54) is 12.8 Å². The fourth-order valence-corrected chi connectivity index (χ4v) is 3.85. The largest absolute Gasteiger partial charge is 0.353 e. The van der Waals surface area contributed by atoms with Crippen molar-refractivity contribution in [1.82, 2.24) is 20.1 Å². The molecule has 26 heavy (non-hydrogen) atoms. The summed E-state index contributed by atoms with van der Waals surface area (Å²) in [7, 11) is 0. The van der Waals surface area contributed by atoms with E-state index in [2.05, 4.69) is 15.2 Å². The summed E-state index contributed by atoms with van der Waals surface area (Å²) in [6.45, 7) is 4.17. The van der Waals surface area contributed by atoms with Crippen LogP contribution in [0.4, 0.5) is 0 Å². The molecule has 1 aliphatic carbocycles. The van der Waals surface area contributed by atoms with E-state index < -0.39 is 0 Å². The molecule has 0 spiro atoms. The first-order valence-electron chi connectivity index (χ1n) is 9.90. The zero-order valence-corrected chi connectivity index (χ0v) is 15.5. The second-order valence-corrected chi connectivity index (χ2v) is 7.38. The molecule has 2 amide bonds. The molecule has 0 aromatic carbocycles. The minimum atomic E-state index is 0.0249. The van der Waals surface area contributed by atoms with Crippen LogP contribution in [-0.4, -0.2) is 58.8 Å². The molecule has 1 saturated carbocycles. The minimum Gasteiger partial charge on any atom is -0.353 e. The number of carbonyl (C=O) groups is 2. The first-order valence-corrected chi connectivity index (χ1v) is 9.90. The summed E-state index contributed by atoms with van der Waals surface area (Å²) in [5.41, 5.74) is 1.07. The molecule has 0 radical (unpaired) electrons. The number of amides is 2. The summed E-state index contributed by atoms with van der Waals surface area (Å²) in [4.78, 5) is 33.1. The summed E-state index contributed by atoms with van der Waals surface area (Å²) in [6, 6.07) is 6.30. The topological polar surface area (TPSA) is 65.5 Å². The molecule has 2 fully saturated rings. The van der Waals surface area contributed by atoms with Gasteiger partial charge in [-0.2, -0.15) is 0 Å². The number of aromatic nitrogens is 1. The molecule has 6 nitrogen and oxygen atoms in total. The number of carbonyl (C=O) groups excluding carboxylic acids is 2. The van der Waals surface area contributed by atoms with Gasteiger partial charge in [0.2, 0.25) is 11.8 Å². The second kappa shape index (κ2) is 9.67. The molecule has 6 heteroatoms. The lowest BCUT2D eigenvalue weighted by atomic mass is 10.2. The van der Waals surface area contributed by atoms with Crippen LogP contribution in [0.2, 0.25) is 0 Å². The average Bonchev–Trinajstić information content (AvgIpc) is 3.05. The standard InChI is InChI=1S/C20H30N4O2/c25-19(22-17-6-1-2-7-17)9-10-20(26)24-13-5-12-23(14-15-24)16-18-8-3-4-11-21-18/h3-4,8,11,17H,1-2,5-7,9-10,12-16H2,(H,22,25). The minimum absolute atomic E-state index is 0.0249. The Morgan fingerprint density at radius 2 is 1.88 bits per heavy atom. The molecule has 2 heterocycles. The van der Waals surface area contributed by atoms with E-state index in [-0.39, 0.29) is 11.8 Å². The average molecular weight is 358 g/mol. The smallest absolute Gasteiger partial charge is 0.223 e. The highest BCUT2D eigenvalue weighted by molar-refractivity contribution is 5.83. The summed E-state index contributed by atoms with van der Waals surface area (Å²) in [5, 5.41) is 3.06. The Morgan fingerprint density at radius 1 is 1.04 bits per heavy atom. The molecular formula is C20H30N4O2. The number of nitrogens with one attached hydrogen (secondary N) is 1. The fraction of sp³-hybridized carbons (Fsp3) is 0.650. The molecule has 1 aliphatic heterocycles. The Balaban J connectivity index is 1.38. The quantitative estimate of drug-likeness (QED) is 0.844. The van der Waals surface area contributed by atoms with Crippen molar-refractivity contribution in [1.29, 1.82) is 0 Å². The summed E-state index contributed by atoms with van der Waals surface area (Å²) in [6.07, 6.45) is 7.98. The molecule has 0 unspecified atom stereocenters. The van der Waals surface area contributed by atoms with Gasteiger partial charge < -0.3 is 10.2 Å². The van der Waals surface area contributed by atoms with Gasteiger partial charge in [0.25, 0.3) is 0 Å². The monoisotopic (exact) mass is 358 g/mol. The van der Waals surface area contributed by atoms with Gasteiger partial charge in [-0.1, -0.05) is 18.9 Å². The van der Waals surface area contributed by atoms with Gasteiger partial charge in [-0.15, -0.1) is 0 Å². The highest BCUT2D eigenvalue weighted by Crippen LogP contribution is 2.17. The Kier molecular flexibility index (Phi) is 7.00.